The lowest BCUT2D eigenvalue weighted by atomic mass is 10.2. The summed E-state index contributed by atoms with van der Waals surface area (Å²) in [5, 5.41) is 0. The van der Waals surface area contributed by atoms with Gasteiger partial charge in [0, 0.05) is 0 Å². The Morgan fingerprint density at radius 1 is 1.45 bits per heavy atom. The highest BCUT2D eigenvalue weighted by molar-refractivity contribution is 5.44. The molecule has 1 aromatic rings. The van der Waals surface area contributed by atoms with Crippen LogP contribution in [0.25, 0.3) is 9.69 Å². The van der Waals surface area contributed by atoms with Gasteiger partial charge in [0.25, 0.3) is 5.82 Å². The minimum absolute atomic E-state index is 0.242. The third kappa shape index (κ3) is 1.53. The van der Waals surface area contributed by atoms with Gasteiger partial charge in [0.15, 0.2) is 0 Å². The molecule has 3 nitrogen and oxygen atoms in total. The Bertz CT molecular complexity index is 330. The number of hydrogen-bond acceptors (Lipinski definition) is 1. The smallest absolute Gasteiger partial charge is 0.280 e. The standard InChI is InChI=1S/C8H5N3/c1-9-6-7-4-3-5-11-8(7)10-2/h3-5H,6H2. The van der Waals surface area contributed by atoms with E-state index < -0.39 is 0 Å². The van der Waals surface area contributed by atoms with Crippen LogP contribution in [-0.2, 0) is 6.54 Å². The molecule has 1 aromatic heterocycles. The van der Waals surface area contributed by atoms with Crippen molar-refractivity contribution in [3.63, 3.8) is 0 Å². The van der Waals surface area contributed by atoms with Crippen LogP contribution < -0.4 is 0 Å². The summed E-state index contributed by atoms with van der Waals surface area (Å²) < 4.78 is 0. The molecule has 11 heavy (non-hydrogen) atoms. The molecular weight excluding hydrogens is 138 g/mol. The Morgan fingerprint density at radius 2 is 2.27 bits per heavy atom. The van der Waals surface area contributed by atoms with Crippen LogP contribution in [0.5, 0.6) is 0 Å². The molecule has 1 rings (SSSR count). The number of aromatic nitrogens is 1. The minimum Gasteiger partial charge on any atom is -0.360 e. The van der Waals surface area contributed by atoms with E-state index in [1.165, 1.54) is 0 Å². The van der Waals surface area contributed by atoms with E-state index in [0.29, 0.717) is 11.4 Å². The highest BCUT2D eigenvalue weighted by Crippen LogP contribution is 2.15. The van der Waals surface area contributed by atoms with Crippen molar-refractivity contribution >= 4 is 5.82 Å². The molecule has 1 heterocycles. The molecule has 0 radical (unpaired) electrons. The van der Waals surface area contributed by atoms with Gasteiger partial charge in [-0.3, -0.25) is 0 Å². The second kappa shape index (κ2) is 3.34. The lowest BCUT2D eigenvalue weighted by Crippen LogP contribution is -1.81. The van der Waals surface area contributed by atoms with Crippen LogP contribution in [0, 0.1) is 13.1 Å². The molecule has 3 heteroatoms. The van der Waals surface area contributed by atoms with Gasteiger partial charge in [-0.05, 0) is 6.07 Å². The number of hydrogen-bond donors (Lipinski definition) is 0. The van der Waals surface area contributed by atoms with E-state index in [1.807, 2.05) is 0 Å². The van der Waals surface area contributed by atoms with E-state index in [9.17, 15) is 0 Å². The van der Waals surface area contributed by atoms with Crippen LogP contribution in [0.3, 0.4) is 0 Å². The predicted molar refractivity (Wildman–Crippen MR) is 40.8 cm³/mol. The molecule has 0 spiro atoms. The monoisotopic (exact) mass is 143 g/mol. The molecule has 0 atom stereocenters. The van der Waals surface area contributed by atoms with Gasteiger partial charge in [0.05, 0.1) is 5.56 Å². The molecule has 0 N–H and O–H groups in total. The summed E-state index contributed by atoms with van der Waals surface area (Å²) in [6.45, 7) is 13.6. The second-order valence-corrected chi connectivity index (χ2v) is 1.91. The van der Waals surface area contributed by atoms with Crippen LogP contribution in [0.4, 0.5) is 5.82 Å². The fraction of sp³-hybridized carbons (Fsp3) is 0.125. The van der Waals surface area contributed by atoms with Crippen molar-refractivity contribution in [3.8, 4) is 0 Å². The lowest BCUT2D eigenvalue weighted by Gasteiger charge is -1.91. The summed E-state index contributed by atoms with van der Waals surface area (Å²) in [6.07, 6.45) is 1.56. The zero-order valence-corrected chi connectivity index (χ0v) is 5.78. The highest BCUT2D eigenvalue weighted by Gasteiger charge is 2.03. The van der Waals surface area contributed by atoms with E-state index in [-0.39, 0.29) is 6.54 Å². The van der Waals surface area contributed by atoms with E-state index >= 15 is 0 Å². The first-order valence-corrected chi connectivity index (χ1v) is 3.03. The number of pyridine rings is 1. The van der Waals surface area contributed by atoms with Crippen LogP contribution >= 0.6 is 0 Å². The molecule has 0 bridgehead atoms. The zero-order chi connectivity index (χ0) is 8.10. The van der Waals surface area contributed by atoms with Crippen molar-refractivity contribution in [2.24, 2.45) is 0 Å². The highest BCUT2D eigenvalue weighted by atomic mass is 14.9. The summed E-state index contributed by atoms with van der Waals surface area (Å²) >= 11 is 0. The zero-order valence-electron chi connectivity index (χ0n) is 5.78. The Morgan fingerprint density at radius 3 is 2.91 bits per heavy atom. The Balaban J connectivity index is 3.07. The summed E-state index contributed by atoms with van der Waals surface area (Å²) in [7, 11) is 0. The lowest BCUT2D eigenvalue weighted by molar-refractivity contribution is 1.21. The van der Waals surface area contributed by atoms with E-state index in [2.05, 4.69) is 14.7 Å². The molecular formula is C8H5N3. The molecule has 0 aliphatic rings. The van der Waals surface area contributed by atoms with Gasteiger partial charge in [-0.25, -0.2) is 6.57 Å². The molecule has 0 unspecified atom stereocenters. The maximum atomic E-state index is 6.72. The first-order valence-electron chi connectivity index (χ1n) is 3.03. The molecule has 0 saturated heterocycles. The van der Waals surface area contributed by atoms with Crippen molar-refractivity contribution in [2.75, 3.05) is 0 Å². The van der Waals surface area contributed by atoms with Crippen molar-refractivity contribution < 1.29 is 0 Å². The average molecular weight is 143 g/mol. The SMILES string of the molecule is [C-]#[N+]Cc1cccnc1[N+]#[C-]. The molecule has 0 aromatic carbocycles. The van der Waals surface area contributed by atoms with Crippen molar-refractivity contribution in [1.82, 2.24) is 4.98 Å². The van der Waals surface area contributed by atoms with E-state index in [0.717, 1.165) is 0 Å². The first kappa shape index (κ1) is 7.24. The molecule has 0 aliphatic carbocycles. The maximum Gasteiger partial charge on any atom is 0.280 e. The maximum absolute atomic E-state index is 6.72. The van der Waals surface area contributed by atoms with Crippen molar-refractivity contribution in [2.45, 2.75) is 6.54 Å². The van der Waals surface area contributed by atoms with Gasteiger partial charge in [0.2, 0.25) is 6.54 Å². The molecule has 0 aliphatic heterocycles. The Kier molecular flexibility index (Phi) is 2.20. The van der Waals surface area contributed by atoms with Gasteiger partial charge in [-0.1, -0.05) is 12.6 Å². The van der Waals surface area contributed by atoms with Gasteiger partial charge in [-0.2, -0.15) is 0 Å². The van der Waals surface area contributed by atoms with Crippen LogP contribution in [-0.4, -0.2) is 4.98 Å². The molecule has 52 valence electrons. The summed E-state index contributed by atoms with van der Waals surface area (Å²) in [5.41, 5.74) is 0.706. The fourth-order valence-electron chi connectivity index (χ4n) is 0.740. The molecule has 0 fully saturated rings. The summed E-state index contributed by atoms with van der Waals surface area (Å²) in [4.78, 5) is 10.2. The van der Waals surface area contributed by atoms with Crippen LogP contribution in [0.1, 0.15) is 5.56 Å². The van der Waals surface area contributed by atoms with Gasteiger partial charge in [0.1, 0.15) is 6.20 Å². The van der Waals surface area contributed by atoms with Gasteiger partial charge >= 0.3 is 0 Å². The molecule has 0 amide bonds. The summed E-state index contributed by atoms with van der Waals surface area (Å²) in [6, 6.07) is 3.48. The third-order valence-corrected chi connectivity index (χ3v) is 1.22. The van der Waals surface area contributed by atoms with E-state index in [1.54, 1.807) is 18.3 Å². The van der Waals surface area contributed by atoms with Gasteiger partial charge < -0.3 is 9.69 Å². The summed E-state index contributed by atoms with van der Waals surface area (Å²) in [5.74, 6) is 0.337. The molecule has 0 saturated carbocycles. The number of nitrogens with zero attached hydrogens (tertiary/aromatic N) is 3. The quantitative estimate of drug-likeness (QED) is 0.551. The van der Waals surface area contributed by atoms with Crippen molar-refractivity contribution in [3.05, 3.63) is 46.7 Å². The fourth-order valence-corrected chi connectivity index (χ4v) is 0.740. The van der Waals surface area contributed by atoms with Crippen LogP contribution in [0.15, 0.2) is 18.3 Å². The first-order chi connectivity index (χ1) is 5.38. The largest absolute Gasteiger partial charge is 0.360 e. The van der Waals surface area contributed by atoms with E-state index in [4.69, 9.17) is 13.1 Å². The Hall–Kier alpha value is -1.87. The van der Waals surface area contributed by atoms with Gasteiger partial charge in [-0.15, -0.1) is 4.98 Å². The minimum atomic E-state index is 0.242. The normalized spacial score (nSPS) is 8.18. The van der Waals surface area contributed by atoms with Crippen molar-refractivity contribution in [1.29, 1.82) is 0 Å². The van der Waals surface area contributed by atoms with Crippen LogP contribution in [0.2, 0.25) is 0 Å². The Labute approximate surface area is 65.0 Å². The predicted octanol–water partition coefficient (Wildman–Crippen LogP) is 2.05. The second-order valence-electron chi connectivity index (χ2n) is 1.91. The number of rotatable bonds is 1. The topological polar surface area (TPSA) is 21.6 Å². The third-order valence-electron chi connectivity index (χ3n) is 1.22. The average Bonchev–Trinajstić information content (AvgIpc) is 2.06.